The Bertz CT molecular complexity index is 447. The number of hydrogen-bond acceptors (Lipinski definition) is 6. The van der Waals surface area contributed by atoms with Gasteiger partial charge in [0.25, 0.3) is 0 Å². The average Bonchev–Trinajstić information content (AvgIpc) is 2.67. The van der Waals surface area contributed by atoms with Gasteiger partial charge in [-0.1, -0.05) is 25.5 Å². The topological polar surface area (TPSA) is 13.0 Å². The van der Waals surface area contributed by atoms with Crippen LogP contribution in [-0.2, 0) is 0 Å². The van der Waals surface area contributed by atoms with Crippen LogP contribution in [0.25, 0.3) is 0 Å². The fourth-order valence-corrected chi connectivity index (χ4v) is 6.65. The van der Waals surface area contributed by atoms with Crippen molar-refractivity contribution in [1.29, 1.82) is 0 Å². The van der Waals surface area contributed by atoms with Crippen molar-refractivity contribution in [3.8, 4) is 0 Å². The van der Waals surface area contributed by atoms with Crippen LogP contribution in [0.4, 0.5) is 0 Å². The van der Waals surface area contributed by atoms with Crippen LogP contribution < -0.4 is 0 Å². The minimum absolute atomic E-state index is 0.828. The lowest BCUT2D eigenvalue weighted by molar-refractivity contribution is -0.0126. The van der Waals surface area contributed by atoms with Gasteiger partial charge in [-0.05, 0) is 87.5 Å². The molecule has 0 bridgehead atoms. The van der Waals surface area contributed by atoms with Gasteiger partial charge >= 0.3 is 0 Å². The summed E-state index contributed by atoms with van der Waals surface area (Å²) in [5, 5.41) is 0. The monoisotopic (exact) mass is 412 g/mol. The van der Waals surface area contributed by atoms with E-state index in [2.05, 4.69) is 44.5 Å². The highest BCUT2D eigenvalue weighted by atomic mass is 33.1. The molecule has 0 unspecified atom stereocenters. The van der Waals surface area contributed by atoms with Gasteiger partial charge in [0.05, 0.1) is 0 Å². The molecule has 6 heteroatoms. The summed E-state index contributed by atoms with van der Waals surface area (Å²) < 4.78 is 2.40. The predicted molar refractivity (Wildman–Crippen MR) is 120 cm³/mol. The van der Waals surface area contributed by atoms with E-state index in [9.17, 15) is 0 Å². The molecule has 0 aromatic carbocycles. The molecule has 0 amide bonds. The second-order valence-corrected chi connectivity index (χ2v) is 10.9. The molecule has 4 saturated heterocycles. The minimum atomic E-state index is 0.828. The molecule has 4 fully saturated rings. The molecular weight excluding hydrogens is 372 g/mol. The molecule has 0 aromatic heterocycles. The van der Waals surface area contributed by atoms with E-state index in [1.807, 2.05) is 0 Å². The molecule has 4 nitrogen and oxygen atoms in total. The summed E-state index contributed by atoms with van der Waals surface area (Å²) in [7, 11) is 1.62. The molecule has 4 rings (SSSR count). The van der Waals surface area contributed by atoms with Gasteiger partial charge in [-0.15, -0.1) is 0 Å². The summed E-state index contributed by atoms with van der Waals surface area (Å²) in [5.74, 6) is 1.83. The van der Waals surface area contributed by atoms with Crippen molar-refractivity contribution in [2.24, 2.45) is 11.8 Å². The number of nitrogens with zero attached hydrogens (tertiary/aromatic N) is 4. The van der Waals surface area contributed by atoms with E-state index in [0.717, 1.165) is 30.0 Å². The Balaban J connectivity index is 1.15. The Morgan fingerprint density at radius 2 is 1.07 bits per heavy atom. The highest BCUT2D eigenvalue weighted by Gasteiger charge is 2.37. The summed E-state index contributed by atoms with van der Waals surface area (Å²) in [6.07, 6.45) is 8.26. The Morgan fingerprint density at radius 3 is 1.48 bits per heavy atom. The Hall–Kier alpha value is 0.540. The molecular formula is C21H40N4S2. The maximum Gasteiger partial charge on any atom is 0.0120 e. The lowest BCUT2D eigenvalue weighted by Crippen LogP contribution is -2.58. The van der Waals surface area contributed by atoms with Gasteiger partial charge in [0.2, 0.25) is 0 Å². The van der Waals surface area contributed by atoms with Crippen molar-refractivity contribution in [2.75, 3.05) is 52.4 Å². The molecule has 0 atom stereocenters. The number of rotatable bonds is 5. The third-order valence-corrected chi connectivity index (χ3v) is 9.26. The van der Waals surface area contributed by atoms with Crippen LogP contribution in [0.3, 0.4) is 0 Å². The Morgan fingerprint density at radius 1 is 0.667 bits per heavy atom. The first-order chi connectivity index (χ1) is 13.1. The largest absolute Gasteiger partial charge is 0.300 e. The van der Waals surface area contributed by atoms with Crippen LogP contribution in [0.15, 0.2) is 0 Å². The van der Waals surface area contributed by atoms with E-state index in [1.54, 1.807) is 11.0 Å². The number of hydrogen-bond donors (Lipinski definition) is 1. The lowest BCUT2D eigenvalue weighted by atomic mass is 9.85. The fourth-order valence-electron chi connectivity index (χ4n) is 5.79. The van der Waals surface area contributed by atoms with Gasteiger partial charge < -0.3 is 9.80 Å². The van der Waals surface area contributed by atoms with Crippen molar-refractivity contribution in [1.82, 2.24) is 19.0 Å². The van der Waals surface area contributed by atoms with Crippen molar-refractivity contribution >= 4 is 22.6 Å². The van der Waals surface area contributed by atoms with Crippen LogP contribution in [0, 0.1) is 11.8 Å². The molecule has 0 spiro atoms. The first kappa shape index (κ1) is 20.8. The molecule has 4 aliphatic rings. The molecule has 0 saturated carbocycles. The highest BCUT2D eigenvalue weighted by Crippen LogP contribution is 2.31. The van der Waals surface area contributed by atoms with Crippen LogP contribution in [-0.4, -0.2) is 89.5 Å². The second kappa shape index (κ2) is 9.57. The molecule has 0 N–H and O–H groups in total. The summed E-state index contributed by atoms with van der Waals surface area (Å²) in [6, 6.07) is 2.56. The zero-order chi connectivity index (χ0) is 18.8. The first-order valence-corrected chi connectivity index (χ1v) is 13.2. The maximum absolute atomic E-state index is 4.35. The average molecular weight is 413 g/mol. The van der Waals surface area contributed by atoms with Crippen molar-refractivity contribution in [3.63, 3.8) is 0 Å². The van der Waals surface area contributed by atoms with Gasteiger partial charge in [0, 0.05) is 44.3 Å². The predicted octanol–water partition coefficient (Wildman–Crippen LogP) is 3.46. The zero-order valence-electron chi connectivity index (χ0n) is 17.4. The highest BCUT2D eigenvalue weighted by molar-refractivity contribution is 8.67. The number of piperidine rings is 3. The zero-order valence-corrected chi connectivity index (χ0v) is 19.1. The lowest BCUT2D eigenvalue weighted by Gasteiger charge is -2.50. The second-order valence-electron chi connectivity index (χ2n) is 9.73. The number of likely N-dealkylation sites (tertiary alicyclic amines) is 3. The molecule has 0 aromatic rings. The van der Waals surface area contributed by atoms with Crippen molar-refractivity contribution in [3.05, 3.63) is 0 Å². The third kappa shape index (κ3) is 5.00. The summed E-state index contributed by atoms with van der Waals surface area (Å²) >= 11 is 4.35. The fraction of sp³-hybridized carbons (Fsp3) is 1.00. The van der Waals surface area contributed by atoms with Crippen molar-refractivity contribution in [2.45, 2.75) is 70.5 Å². The van der Waals surface area contributed by atoms with E-state index in [4.69, 9.17) is 0 Å². The summed E-state index contributed by atoms with van der Waals surface area (Å²) in [6.45, 7) is 15.3. The van der Waals surface area contributed by atoms with E-state index >= 15 is 0 Å². The Labute approximate surface area is 176 Å². The van der Waals surface area contributed by atoms with Crippen LogP contribution in [0.1, 0.15) is 52.4 Å². The third-order valence-electron chi connectivity index (χ3n) is 7.97. The first-order valence-electron chi connectivity index (χ1n) is 11.4. The van der Waals surface area contributed by atoms with Crippen LogP contribution in [0.5, 0.6) is 0 Å². The van der Waals surface area contributed by atoms with E-state index in [1.165, 1.54) is 90.9 Å². The SMILES string of the molecule is CC(C)C1CN(C2CCN(C3CCN(C4CCN(SS)CC4)CC3)CC2)C1. The van der Waals surface area contributed by atoms with Gasteiger partial charge in [-0.25, -0.2) is 4.31 Å². The quantitative estimate of drug-likeness (QED) is 0.421. The van der Waals surface area contributed by atoms with Crippen LogP contribution >= 0.6 is 22.6 Å². The number of thiol groups is 1. The standard InChI is InChI=1S/C21H40N4S2/c1-17(2)18-15-24(16-18)21-5-11-22(12-6-21)19-3-9-23(10-4-19)20-7-13-25(27-26)14-8-20/h17-21,26H,3-16H2,1-2H3. The molecule has 4 aliphatic heterocycles. The Kier molecular flexibility index (Phi) is 7.37. The van der Waals surface area contributed by atoms with Gasteiger partial charge in [0.1, 0.15) is 0 Å². The van der Waals surface area contributed by atoms with Crippen LogP contribution in [0.2, 0.25) is 0 Å². The summed E-state index contributed by atoms with van der Waals surface area (Å²) in [5.41, 5.74) is 0. The molecule has 0 aliphatic carbocycles. The molecule has 4 heterocycles. The van der Waals surface area contributed by atoms with Gasteiger partial charge in [0.15, 0.2) is 0 Å². The van der Waals surface area contributed by atoms with E-state index < -0.39 is 0 Å². The molecule has 156 valence electrons. The maximum atomic E-state index is 4.35. The minimum Gasteiger partial charge on any atom is -0.300 e. The van der Waals surface area contributed by atoms with Gasteiger partial charge in [-0.2, -0.15) is 0 Å². The van der Waals surface area contributed by atoms with E-state index in [-0.39, 0.29) is 0 Å². The molecule has 27 heavy (non-hydrogen) atoms. The van der Waals surface area contributed by atoms with Gasteiger partial charge in [-0.3, -0.25) is 4.90 Å². The summed E-state index contributed by atoms with van der Waals surface area (Å²) in [4.78, 5) is 8.42. The van der Waals surface area contributed by atoms with Crippen molar-refractivity contribution < 1.29 is 0 Å². The smallest absolute Gasteiger partial charge is 0.0120 e. The normalized spacial score (nSPS) is 30.2. The molecule has 0 radical (unpaired) electrons. The van der Waals surface area contributed by atoms with E-state index in [0.29, 0.717) is 0 Å².